The van der Waals surface area contributed by atoms with Crippen LogP contribution in [-0.2, 0) is 19.9 Å². The van der Waals surface area contributed by atoms with Crippen molar-refractivity contribution >= 4 is 28.8 Å². The Hall–Kier alpha value is -3.01. The van der Waals surface area contributed by atoms with E-state index in [-0.39, 0.29) is 36.9 Å². The number of aliphatic hydroxyl groups excluding tert-OH is 1. The molecule has 0 bridgehead atoms. The third-order valence-electron chi connectivity index (χ3n) is 4.24. The number of ether oxygens (including phenoxy) is 1. The number of aliphatic hydroxyl groups is 1. The van der Waals surface area contributed by atoms with Crippen LogP contribution in [0.1, 0.15) is 20.8 Å². The van der Waals surface area contributed by atoms with Gasteiger partial charge in [0.2, 0.25) is 0 Å². The molecule has 2 N–H and O–H groups in total. The molecule has 1 aliphatic rings. The van der Waals surface area contributed by atoms with Gasteiger partial charge in [0.05, 0.1) is 24.4 Å². The number of aromatic nitrogens is 1. The number of rotatable bonds is 5. The molecule has 1 saturated heterocycles. The minimum absolute atomic E-state index is 0.0485. The molecule has 10 nitrogen and oxygen atoms in total. The molecule has 0 spiro atoms. The van der Waals surface area contributed by atoms with Gasteiger partial charge in [0.25, 0.3) is 5.91 Å². The number of hydrogen-bond acceptors (Lipinski definition) is 7. The Morgan fingerprint density at radius 1 is 1.43 bits per heavy atom. The second-order valence-electron chi connectivity index (χ2n) is 7.29. The Balaban J connectivity index is 2.01. The van der Waals surface area contributed by atoms with Gasteiger partial charge in [0.1, 0.15) is 6.61 Å². The summed E-state index contributed by atoms with van der Waals surface area (Å²) in [5.41, 5.74) is 1.68. The predicted octanol–water partition coefficient (Wildman–Crippen LogP) is 0.885. The van der Waals surface area contributed by atoms with Crippen molar-refractivity contribution < 1.29 is 28.7 Å². The van der Waals surface area contributed by atoms with Gasteiger partial charge in [-0.2, -0.15) is 0 Å². The second-order valence-corrected chi connectivity index (χ2v) is 7.29. The fourth-order valence-corrected chi connectivity index (χ4v) is 3.00. The monoisotopic (exact) mass is 392 g/mol. The Labute approximate surface area is 161 Å². The van der Waals surface area contributed by atoms with Gasteiger partial charge in [0.15, 0.2) is 11.7 Å². The molecule has 1 aliphatic heterocycles. The van der Waals surface area contributed by atoms with Crippen molar-refractivity contribution in [3.63, 3.8) is 0 Å². The van der Waals surface area contributed by atoms with Crippen LogP contribution in [0.2, 0.25) is 0 Å². The Morgan fingerprint density at radius 2 is 2.18 bits per heavy atom. The quantitative estimate of drug-likeness (QED) is 0.576. The highest BCUT2D eigenvalue weighted by atomic mass is 16.6. The molecule has 1 fully saturated rings. The lowest BCUT2D eigenvalue weighted by Crippen LogP contribution is -2.35. The molecule has 152 valence electrons. The van der Waals surface area contributed by atoms with E-state index >= 15 is 0 Å². The van der Waals surface area contributed by atoms with Gasteiger partial charge in [0, 0.05) is 18.7 Å². The third-order valence-corrected chi connectivity index (χ3v) is 4.24. The summed E-state index contributed by atoms with van der Waals surface area (Å²) < 4.78 is 12.8. The van der Waals surface area contributed by atoms with E-state index in [1.807, 2.05) is 31.4 Å². The first kappa shape index (κ1) is 19.7. The summed E-state index contributed by atoms with van der Waals surface area (Å²) in [6.45, 7) is 5.98. The van der Waals surface area contributed by atoms with E-state index in [2.05, 4.69) is 10.5 Å². The largest absolute Gasteiger partial charge is 0.434 e. The van der Waals surface area contributed by atoms with Crippen LogP contribution >= 0.6 is 0 Å². The molecule has 0 unspecified atom stereocenters. The fourth-order valence-electron chi connectivity index (χ4n) is 3.00. The maximum atomic E-state index is 12.2. The first-order valence-electron chi connectivity index (χ1n) is 8.89. The van der Waals surface area contributed by atoms with E-state index < -0.39 is 12.2 Å². The van der Waals surface area contributed by atoms with Crippen LogP contribution < -0.4 is 15.9 Å². The van der Waals surface area contributed by atoms with Crippen LogP contribution in [0.4, 0.5) is 10.5 Å². The van der Waals surface area contributed by atoms with Crippen LogP contribution in [0, 0.1) is 0 Å². The zero-order valence-electron chi connectivity index (χ0n) is 16.3. The normalized spacial score (nSPS) is 17.9. The van der Waals surface area contributed by atoms with Gasteiger partial charge >= 0.3 is 11.8 Å². The molecule has 1 atom stereocenters. The number of benzene rings is 1. The molecule has 10 heteroatoms. The molecule has 1 aromatic heterocycles. The summed E-state index contributed by atoms with van der Waals surface area (Å²) in [6, 6.07) is 5.26. The summed E-state index contributed by atoms with van der Waals surface area (Å²) in [4.78, 5) is 30.4. The number of oxazole rings is 1. The molecule has 2 amide bonds. The maximum absolute atomic E-state index is 12.2. The molecular weight excluding hydrogens is 368 g/mol. The zero-order chi connectivity index (χ0) is 20.5. The van der Waals surface area contributed by atoms with Gasteiger partial charge in [-0.3, -0.25) is 14.3 Å². The van der Waals surface area contributed by atoms with Crippen molar-refractivity contribution in [2.45, 2.75) is 32.4 Å². The Morgan fingerprint density at radius 3 is 2.82 bits per heavy atom. The smallest absolute Gasteiger partial charge is 0.415 e. The lowest BCUT2D eigenvalue weighted by atomic mass is 10.1. The maximum Gasteiger partial charge on any atom is 0.415 e. The molecule has 0 aliphatic carbocycles. The number of carbonyl (C=O) groups is 2. The number of cyclic esters (lactones) is 1. The van der Waals surface area contributed by atoms with Crippen molar-refractivity contribution in [2.24, 2.45) is 5.16 Å². The zero-order valence-corrected chi connectivity index (χ0v) is 16.3. The average molecular weight is 392 g/mol. The lowest BCUT2D eigenvalue weighted by Gasteiger charge is -2.21. The van der Waals surface area contributed by atoms with Crippen molar-refractivity contribution in [1.29, 1.82) is 0 Å². The highest BCUT2D eigenvalue weighted by Crippen LogP contribution is 2.28. The lowest BCUT2D eigenvalue weighted by molar-refractivity contribution is -0.127. The van der Waals surface area contributed by atoms with Crippen molar-refractivity contribution in [2.75, 3.05) is 31.7 Å². The summed E-state index contributed by atoms with van der Waals surface area (Å²) in [7, 11) is 1.49. The highest BCUT2D eigenvalue weighted by molar-refractivity contribution is 5.96. The van der Waals surface area contributed by atoms with E-state index in [1.165, 1.54) is 11.9 Å². The molecule has 0 saturated carbocycles. The molecule has 0 radical (unpaired) electrons. The highest BCUT2D eigenvalue weighted by Gasteiger charge is 2.36. The minimum atomic E-state index is -0.859. The average Bonchev–Trinajstić information content (AvgIpc) is 3.20. The molecular formula is C18H24N4O6. The Bertz CT molecular complexity index is 955. The molecule has 28 heavy (non-hydrogen) atoms. The van der Waals surface area contributed by atoms with Crippen molar-refractivity contribution in [3.05, 3.63) is 23.9 Å². The van der Waals surface area contributed by atoms with Crippen molar-refractivity contribution in [3.8, 4) is 0 Å². The number of amides is 2. The van der Waals surface area contributed by atoms with E-state index in [0.29, 0.717) is 11.3 Å². The number of likely N-dealkylation sites (N-methyl/N-ethyl adjacent to an activating group) is 1. The molecule has 2 heterocycles. The summed E-state index contributed by atoms with van der Waals surface area (Å²) in [6.07, 6.45) is -1.46. The minimum Gasteiger partial charge on any atom is -0.434 e. The van der Waals surface area contributed by atoms with Crippen LogP contribution in [0.5, 0.6) is 0 Å². The predicted molar refractivity (Wildman–Crippen MR) is 99.5 cm³/mol. The first-order chi connectivity index (χ1) is 13.3. The van der Waals surface area contributed by atoms with E-state index in [0.717, 1.165) is 5.52 Å². The van der Waals surface area contributed by atoms with Crippen LogP contribution in [-0.4, -0.2) is 54.6 Å². The summed E-state index contributed by atoms with van der Waals surface area (Å²) >= 11 is 0. The van der Waals surface area contributed by atoms with E-state index in [1.54, 1.807) is 12.1 Å². The Kier molecular flexibility index (Phi) is 5.32. The van der Waals surface area contributed by atoms with Gasteiger partial charge in [-0.05, 0) is 38.1 Å². The van der Waals surface area contributed by atoms with Crippen molar-refractivity contribution in [1.82, 2.24) is 9.88 Å². The molecule has 2 aromatic rings. The number of anilines is 1. The molecule has 3 rings (SSSR count). The topological polar surface area (TPSA) is 119 Å². The standard InChI is InChI=1S/C18H24N4O6/c1-18(2,3)22-12-6-5-11(9-13(12)27-16(22)20-26-8-7-23)21-10-14(15(24)19-4)28-17(21)25/h5-6,9,14,23H,7-8,10H2,1-4H3,(H,19,24)/b20-16+/t14-/m1/s1. The summed E-state index contributed by atoms with van der Waals surface area (Å²) in [5.74, 6) is -0.359. The number of nitrogens with zero attached hydrogens (tertiary/aromatic N) is 3. The number of nitrogens with one attached hydrogen (secondary N) is 1. The second kappa shape index (κ2) is 7.55. The number of fused-ring (bicyclic) bond motifs is 1. The van der Waals surface area contributed by atoms with Gasteiger partial charge in [-0.25, -0.2) is 4.79 Å². The first-order valence-corrected chi connectivity index (χ1v) is 8.89. The number of hydrogen-bond donors (Lipinski definition) is 2. The van der Waals surface area contributed by atoms with Crippen LogP contribution in [0.3, 0.4) is 0 Å². The van der Waals surface area contributed by atoms with E-state index in [4.69, 9.17) is 19.1 Å². The molecule has 1 aromatic carbocycles. The van der Waals surface area contributed by atoms with Crippen LogP contribution in [0.15, 0.2) is 27.8 Å². The van der Waals surface area contributed by atoms with E-state index in [9.17, 15) is 9.59 Å². The van der Waals surface area contributed by atoms with Gasteiger partial charge < -0.3 is 24.4 Å². The third kappa shape index (κ3) is 3.68. The SMILES string of the molecule is CNC(=O)[C@H]1CN(c2ccc3c(c2)o/c(=N/OCCO)n3C(C)(C)C)C(=O)O1. The van der Waals surface area contributed by atoms with Gasteiger partial charge in [-0.1, -0.05) is 0 Å². The van der Waals surface area contributed by atoms with Gasteiger partial charge in [-0.15, -0.1) is 0 Å². The van der Waals surface area contributed by atoms with Crippen LogP contribution in [0.25, 0.3) is 11.1 Å². The fraction of sp³-hybridized carbons (Fsp3) is 0.500. The number of carbonyl (C=O) groups excluding carboxylic acids is 2. The summed E-state index contributed by atoms with van der Waals surface area (Å²) in [5, 5.41) is 15.3.